The van der Waals surface area contributed by atoms with E-state index in [1.54, 1.807) is 0 Å². The van der Waals surface area contributed by atoms with Gasteiger partial charge in [0.25, 0.3) is 0 Å². The third kappa shape index (κ3) is 4.68. The number of hydrogen-bond donors (Lipinski definition) is 2. The first-order valence-corrected chi connectivity index (χ1v) is 9.85. The number of aliphatic hydroxyl groups excluding tert-OH is 1. The van der Waals surface area contributed by atoms with Crippen LogP contribution in [0.15, 0.2) is 60.7 Å². The molecule has 2 aromatic rings. The van der Waals surface area contributed by atoms with Crippen molar-refractivity contribution in [1.29, 1.82) is 0 Å². The number of β-amino-alcohol motifs (C(OH)–C–C–N with tert-alkyl or cyclic N) is 1. The second-order valence-electron chi connectivity index (χ2n) is 7.39. The molecule has 0 aromatic heterocycles. The molecule has 0 bridgehead atoms. The highest BCUT2D eigenvalue weighted by molar-refractivity contribution is 5.91. The lowest BCUT2D eigenvalue weighted by Crippen LogP contribution is -2.52. The van der Waals surface area contributed by atoms with E-state index in [4.69, 9.17) is 4.74 Å². The molecule has 1 aliphatic rings. The first-order chi connectivity index (χ1) is 14.4. The Bertz CT molecular complexity index is 847. The van der Waals surface area contributed by atoms with Gasteiger partial charge in [0, 0.05) is 25.8 Å². The van der Waals surface area contributed by atoms with Crippen molar-refractivity contribution in [3.05, 3.63) is 71.8 Å². The summed E-state index contributed by atoms with van der Waals surface area (Å²) in [5.41, 5.74) is 1.68. The molecule has 7 heteroatoms. The molecule has 30 heavy (non-hydrogen) atoms. The van der Waals surface area contributed by atoms with Crippen LogP contribution in [0.1, 0.15) is 30.4 Å². The number of nitrogens with zero attached hydrogens (tertiary/aromatic N) is 1. The van der Waals surface area contributed by atoms with Gasteiger partial charge in [0.2, 0.25) is 11.8 Å². The number of carbonyl (C=O) groups excluding carboxylic acids is 3. The van der Waals surface area contributed by atoms with Crippen LogP contribution in [0.3, 0.4) is 0 Å². The topological polar surface area (TPSA) is 95.9 Å². The van der Waals surface area contributed by atoms with Gasteiger partial charge in [-0.05, 0) is 11.1 Å². The van der Waals surface area contributed by atoms with Gasteiger partial charge in [-0.25, -0.2) is 4.79 Å². The van der Waals surface area contributed by atoms with Gasteiger partial charge in [-0.15, -0.1) is 0 Å². The summed E-state index contributed by atoms with van der Waals surface area (Å²) in [7, 11) is 1.27. The summed E-state index contributed by atoms with van der Waals surface area (Å²) in [5.74, 6) is -1.87. The Morgan fingerprint density at radius 2 is 1.57 bits per heavy atom. The quantitative estimate of drug-likeness (QED) is 0.703. The molecule has 0 aliphatic carbocycles. The number of ether oxygens (including phenoxy) is 1. The molecule has 158 valence electrons. The standard InChI is InChI=1S/C23H26N2O5/c1-15(26)25-14-18(27)13-19(25)22(28)24-21(23(29)30-2)20(16-9-5-3-6-10-16)17-11-7-4-8-12-17/h3-12,18-21,27H,13-14H2,1-2H3,(H,24,28)/t18-,19+,21+/m1/s1. The van der Waals surface area contributed by atoms with Gasteiger partial charge in [0.15, 0.2) is 0 Å². The number of rotatable bonds is 6. The lowest BCUT2D eigenvalue weighted by atomic mass is 9.84. The molecule has 1 aliphatic heterocycles. The summed E-state index contributed by atoms with van der Waals surface area (Å²) in [6.45, 7) is 1.45. The fourth-order valence-corrected chi connectivity index (χ4v) is 3.96. The Labute approximate surface area is 175 Å². The van der Waals surface area contributed by atoms with E-state index in [9.17, 15) is 19.5 Å². The smallest absolute Gasteiger partial charge is 0.329 e. The van der Waals surface area contributed by atoms with E-state index in [-0.39, 0.29) is 18.9 Å². The van der Waals surface area contributed by atoms with Crippen molar-refractivity contribution < 1.29 is 24.2 Å². The maximum Gasteiger partial charge on any atom is 0.329 e. The van der Waals surface area contributed by atoms with Gasteiger partial charge in [-0.2, -0.15) is 0 Å². The minimum atomic E-state index is -1.00. The van der Waals surface area contributed by atoms with E-state index in [1.165, 1.54) is 18.9 Å². The van der Waals surface area contributed by atoms with Crippen molar-refractivity contribution in [2.75, 3.05) is 13.7 Å². The monoisotopic (exact) mass is 410 g/mol. The van der Waals surface area contributed by atoms with Gasteiger partial charge < -0.3 is 20.1 Å². The maximum atomic E-state index is 13.1. The average molecular weight is 410 g/mol. The number of aliphatic hydroxyl groups is 1. The molecular formula is C23H26N2O5. The Morgan fingerprint density at radius 3 is 2.03 bits per heavy atom. The predicted octanol–water partition coefficient (Wildman–Crippen LogP) is 1.46. The molecule has 0 radical (unpaired) electrons. The highest BCUT2D eigenvalue weighted by Crippen LogP contribution is 2.29. The molecule has 0 unspecified atom stereocenters. The fourth-order valence-electron chi connectivity index (χ4n) is 3.96. The normalized spacial score (nSPS) is 19.4. The van der Waals surface area contributed by atoms with Crippen LogP contribution in [0.2, 0.25) is 0 Å². The summed E-state index contributed by atoms with van der Waals surface area (Å²) < 4.78 is 5.01. The molecule has 2 amide bonds. The van der Waals surface area contributed by atoms with Crippen LogP contribution in [0.4, 0.5) is 0 Å². The second-order valence-corrected chi connectivity index (χ2v) is 7.39. The van der Waals surface area contributed by atoms with Crippen molar-refractivity contribution in [3.63, 3.8) is 0 Å². The number of hydrogen-bond acceptors (Lipinski definition) is 5. The van der Waals surface area contributed by atoms with Crippen molar-refractivity contribution in [3.8, 4) is 0 Å². The number of esters is 1. The Kier molecular flexibility index (Phi) is 6.84. The van der Waals surface area contributed by atoms with E-state index in [0.717, 1.165) is 11.1 Å². The molecular weight excluding hydrogens is 384 g/mol. The average Bonchev–Trinajstić information content (AvgIpc) is 3.16. The number of amides is 2. The third-order valence-electron chi connectivity index (χ3n) is 5.39. The largest absolute Gasteiger partial charge is 0.467 e. The van der Waals surface area contributed by atoms with Crippen LogP contribution in [0.25, 0.3) is 0 Å². The fraction of sp³-hybridized carbons (Fsp3) is 0.348. The van der Waals surface area contributed by atoms with Crippen LogP contribution >= 0.6 is 0 Å². The highest BCUT2D eigenvalue weighted by Gasteiger charge is 2.41. The van der Waals surface area contributed by atoms with Crippen LogP contribution in [0.5, 0.6) is 0 Å². The summed E-state index contributed by atoms with van der Waals surface area (Å²) in [4.78, 5) is 39.1. The number of methoxy groups -OCH3 is 1. The van der Waals surface area contributed by atoms with Crippen molar-refractivity contribution in [1.82, 2.24) is 10.2 Å². The van der Waals surface area contributed by atoms with Crippen LogP contribution in [-0.2, 0) is 19.1 Å². The zero-order valence-corrected chi connectivity index (χ0v) is 17.0. The van der Waals surface area contributed by atoms with Crippen molar-refractivity contribution >= 4 is 17.8 Å². The molecule has 2 N–H and O–H groups in total. The zero-order chi connectivity index (χ0) is 21.7. The molecule has 0 saturated carbocycles. The first kappa shape index (κ1) is 21.5. The molecule has 7 nitrogen and oxygen atoms in total. The lowest BCUT2D eigenvalue weighted by Gasteiger charge is -2.29. The summed E-state index contributed by atoms with van der Waals surface area (Å²) in [6, 6.07) is 16.9. The minimum Gasteiger partial charge on any atom is -0.467 e. The highest BCUT2D eigenvalue weighted by atomic mass is 16.5. The summed E-state index contributed by atoms with van der Waals surface area (Å²) >= 11 is 0. The van der Waals surface area contributed by atoms with Gasteiger partial charge in [0.1, 0.15) is 12.1 Å². The molecule has 0 spiro atoms. The Morgan fingerprint density at radius 1 is 1.03 bits per heavy atom. The van der Waals surface area contributed by atoms with E-state index in [2.05, 4.69) is 5.32 Å². The Balaban J connectivity index is 1.96. The van der Waals surface area contributed by atoms with Gasteiger partial charge in [0.05, 0.1) is 13.2 Å². The van der Waals surface area contributed by atoms with Crippen molar-refractivity contribution in [2.45, 2.75) is 37.5 Å². The minimum absolute atomic E-state index is 0.0944. The first-order valence-electron chi connectivity index (χ1n) is 9.85. The van der Waals surface area contributed by atoms with Crippen LogP contribution in [-0.4, -0.2) is 59.6 Å². The molecule has 1 fully saturated rings. The van der Waals surface area contributed by atoms with Crippen LogP contribution in [0, 0.1) is 0 Å². The second kappa shape index (κ2) is 9.54. The maximum absolute atomic E-state index is 13.1. The third-order valence-corrected chi connectivity index (χ3v) is 5.39. The molecule has 1 saturated heterocycles. The summed E-state index contributed by atoms with van der Waals surface area (Å²) in [6.07, 6.45) is -0.652. The van der Waals surface area contributed by atoms with E-state index < -0.39 is 36.0 Å². The van der Waals surface area contributed by atoms with Crippen molar-refractivity contribution in [2.24, 2.45) is 0 Å². The number of nitrogens with one attached hydrogen (secondary N) is 1. The number of carbonyl (C=O) groups is 3. The van der Waals surface area contributed by atoms with E-state index in [0.29, 0.717) is 0 Å². The number of likely N-dealkylation sites (tertiary alicyclic amines) is 1. The van der Waals surface area contributed by atoms with Crippen LogP contribution < -0.4 is 5.32 Å². The van der Waals surface area contributed by atoms with Gasteiger partial charge in [-0.3, -0.25) is 9.59 Å². The molecule has 2 aromatic carbocycles. The van der Waals surface area contributed by atoms with Gasteiger partial charge in [-0.1, -0.05) is 60.7 Å². The summed E-state index contributed by atoms with van der Waals surface area (Å²) in [5, 5.41) is 12.8. The van der Waals surface area contributed by atoms with Gasteiger partial charge >= 0.3 is 5.97 Å². The lowest BCUT2D eigenvalue weighted by molar-refractivity contribution is -0.146. The van der Waals surface area contributed by atoms with E-state index >= 15 is 0 Å². The predicted molar refractivity (Wildman–Crippen MR) is 110 cm³/mol. The molecule has 1 heterocycles. The Hall–Kier alpha value is -3.19. The molecule has 3 atom stereocenters. The number of benzene rings is 2. The SMILES string of the molecule is COC(=O)[C@@H](NC(=O)[C@@H]1C[C@@H](O)CN1C(C)=O)C(c1ccccc1)c1ccccc1. The zero-order valence-electron chi connectivity index (χ0n) is 17.0. The molecule has 3 rings (SSSR count). The van der Waals surface area contributed by atoms with E-state index in [1.807, 2.05) is 60.7 Å².